The Labute approximate surface area is 316 Å². The molecule has 4 atom stereocenters. The summed E-state index contributed by atoms with van der Waals surface area (Å²) in [6.07, 6.45) is 6.13. The Bertz CT molecular complexity index is 2520. The molecular formula is C48H37N2O2PSi. The average molecular weight is 733 g/mol. The van der Waals surface area contributed by atoms with Crippen molar-refractivity contribution in [2.75, 3.05) is 0 Å². The second kappa shape index (κ2) is 12.8. The van der Waals surface area contributed by atoms with Gasteiger partial charge in [-0.25, -0.2) is 0 Å². The summed E-state index contributed by atoms with van der Waals surface area (Å²) in [6.45, 7) is 0. The van der Waals surface area contributed by atoms with E-state index in [9.17, 15) is 4.57 Å². The smallest absolute Gasteiger partial charge is 0.303 e. The van der Waals surface area contributed by atoms with Gasteiger partial charge in [0.1, 0.15) is 5.76 Å². The zero-order valence-corrected chi connectivity index (χ0v) is 31.4. The van der Waals surface area contributed by atoms with Crippen molar-refractivity contribution in [3.05, 3.63) is 233 Å². The van der Waals surface area contributed by atoms with Crippen molar-refractivity contribution in [1.29, 1.82) is 0 Å². The summed E-state index contributed by atoms with van der Waals surface area (Å²) in [5, 5.41) is 6.29. The molecule has 0 bridgehead atoms. The van der Waals surface area contributed by atoms with Gasteiger partial charge in [0.25, 0.3) is 0 Å². The lowest BCUT2D eigenvalue weighted by Gasteiger charge is -2.38. The van der Waals surface area contributed by atoms with E-state index >= 15 is 0 Å². The maximum Gasteiger partial charge on any atom is 0.303 e. The van der Waals surface area contributed by atoms with E-state index in [1.165, 1.54) is 21.1 Å². The van der Waals surface area contributed by atoms with Gasteiger partial charge in [-0.3, -0.25) is 9.56 Å². The molecule has 260 valence electrons. The van der Waals surface area contributed by atoms with Crippen molar-refractivity contribution in [3.63, 3.8) is 0 Å². The molecule has 4 unspecified atom stereocenters. The van der Waals surface area contributed by atoms with E-state index < -0.39 is 15.4 Å². The molecule has 2 N–H and O–H groups in total. The fourth-order valence-electron chi connectivity index (χ4n) is 8.96. The average Bonchev–Trinajstić information content (AvgIpc) is 3.60. The molecule has 0 amide bonds. The third kappa shape index (κ3) is 4.89. The third-order valence-corrected chi connectivity index (χ3v) is 18.8. The Kier molecular flexibility index (Phi) is 7.76. The number of nitrogens with two attached hydrogens (primary N) is 1. The highest BCUT2D eigenvalue weighted by Crippen LogP contribution is 2.71. The summed E-state index contributed by atoms with van der Waals surface area (Å²) in [7, 11) is -6.50. The monoisotopic (exact) mass is 732 g/mol. The number of nitrogens with zero attached hydrogens (tertiary/aromatic N) is 1. The van der Waals surface area contributed by atoms with Crippen LogP contribution in [0.2, 0.25) is 0 Å². The number of fused-ring (bicyclic) bond motifs is 4. The van der Waals surface area contributed by atoms with Crippen LogP contribution in [0.4, 0.5) is 0 Å². The highest BCUT2D eigenvalue weighted by Gasteiger charge is 2.59. The van der Waals surface area contributed by atoms with Gasteiger partial charge in [0.2, 0.25) is 0 Å². The third-order valence-electron chi connectivity index (χ3n) is 11.4. The van der Waals surface area contributed by atoms with Crippen LogP contribution in [0.3, 0.4) is 0 Å². The molecule has 6 heteroatoms. The number of hydrogen-bond acceptors (Lipinski definition) is 4. The summed E-state index contributed by atoms with van der Waals surface area (Å²) in [6, 6.07) is 61.1. The molecule has 6 aromatic rings. The first-order chi connectivity index (χ1) is 26.6. The van der Waals surface area contributed by atoms with Crippen LogP contribution in [0.25, 0.3) is 5.70 Å². The van der Waals surface area contributed by atoms with Gasteiger partial charge in [-0.2, -0.15) is 0 Å². The lowest BCUT2D eigenvalue weighted by molar-refractivity contribution is 0.418. The maximum atomic E-state index is 14.8. The van der Waals surface area contributed by atoms with Crippen molar-refractivity contribution in [1.82, 2.24) is 0 Å². The number of aliphatic imine (C=N–C) groups is 1. The predicted molar refractivity (Wildman–Crippen MR) is 224 cm³/mol. The van der Waals surface area contributed by atoms with Gasteiger partial charge in [-0.1, -0.05) is 182 Å². The molecule has 2 fully saturated rings. The molecule has 4 nitrogen and oxygen atoms in total. The minimum Gasteiger partial charge on any atom is -0.441 e. The number of rotatable bonds is 7. The highest BCUT2D eigenvalue weighted by atomic mass is 31.2. The molecule has 1 saturated heterocycles. The van der Waals surface area contributed by atoms with Crippen LogP contribution >= 0.6 is 7.37 Å². The van der Waals surface area contributed by atoms with Gasteiger partial charge in [-0.15, -0.1) is 0 Å². The summed E-state index contributed by atoms with van der Waals surface area (Å²) in [5.74, 6) is 0.646. The summed E-state index contributed by atoms with van der Waals surface area (Å²) in [4.78, 5) is 5.79. The van der Waals surface area contributed by atoms with Gasteiger partial charge in [0.15, 0.2) is 8.07 Å². The van der Waals surface area contributed by atoms with Gasteiger partial charge in [0.05, 0.1) is 23.0 Å². The molecule has 0 radical (unpaired) electrons. The molecule has 4 aliphatic rings. The minimum atomic E-state index is -3.30. The van der Waals surface area contributed by atoms with E-state index in [-0.39, 0.29) is 17.9 Å². The molecule has 54 heavy (non-hydrogen) atoms. The standard InChI is InChI=1S/C48H37N2O2PSi/c49-44(33-19-6-1-7-20-33)48(54(35-23-10-3-11-24-35,36-25-12-4-13-26-36)37-27-14-5-15-28-37)45-39-30-17-16-29-38(39)42-43(46(42)50-45)47-40-31-18-32-41(40)53(51,52-47)34-21-8-2-9-22-34/h1-32,40,42,46H,49H2/b47-43-,48-44+. The Morgan fingerprint density at radius 3 is 1.76 bits per heavy atom. The molecular weight excluding hydrogens is 696 g/mol. The number of allylic oxidation sites excluding steroid dienone is 4. The van der Waals surface area contributed by atoms with E-state index in [1.54, 1.807) is 0 Å². The molecule has 0 spiro atoms. The van der Waals surface area contributed by atoms with Gasteiger partial charge < -0.3 is 10.3 Å². The van der Waals surface area contributed by atoms with Crippen LogP contribution < -0.4 is 26.6 Å². The van der Waals surface area contributed by atoms with Gasteiger partial charge in [0, 0.05) is 33.3 Å². The van der Waals surface area contributed by atoms with E-state index in [1.807, 2.05) is 48.6 Å². The quantitative estimate of drug-likeness (QED) is 0.103. The first-order valence-corrected chi connectivity index (χ1v) is 22.1. The van der Waals surface area contributed by atoms with Gasteiger partial charge >= 0.3 is 7.37 Å². The minimum absolute atomic E-state index is 0.0259. The lowest BCUT2D eigenvalue weighted by Crippen LogP contribution is -2.70. The Hall–Kier alpha value is -6.00. The van der Waals surface area contributed by atoms with E-state index in [0.29, 0.717) is 0 Å². The molecule has 0 aromatic heterocycles. The molecule has 2 aliphatic carbocycles. The van der Waals surface area contributed by atoms with Crippen LogP contribution in [-0.2, 0) is 9.09 Å². The normalized spacial score (nSPS) is 24.0. The Morgan fingerprint density at radius 1 is 0.648 bits per heavy atom. The van der Waals surface area contributed by atoms with Crippen LogP contribution in [0.15, 0.2) is 221 Å². The van der Waals surface area contributed by atoms with Gasteiger partial charge in [-0.05, 0) is 38.8 Å². The Morgan fingerprint density at radius 2 is 1.17 bits per heavy atom. The summed E-state index contributed by atoms with van der Waals surface area (Å²) < 4.78 is 21.6. The Balaban J connectivity index is 1.27. The fraction of sp³-hybridized carbons (Fsp3) is 0.0625. The van der Waals surface area contributed by atoms with Crippen LogP contribution in [0.1, 0.15) is 22.6 Å². The van der Waals surface area contributed by atoms with Crippen molar-refractivity contribution in [2.45, 2.75) is 12.0 Å². The SMILES string of the molecule is N/C(=C(\C1=NC2/C(=C3\OP(=O)(c4ccccc4)C4=CC=CC43)C2c2ccccc21)[Si](c1ccccc1)(c1ccccc1)c1ccccc1)c1ccccc1. The van der Waals surface area contributed by atoms with Crippen LogP contribution in [-0.4, -0.2) is 19.8 Å². The lowest BCUT2D eigenvalue weighted by atomic mass is 9.95. The second-order valence-electron chi connectivity index (χ2n) is 14.2. The molecule has 10 rings (SSSR count). The van der Waals surface area contributed by atoms with Crippen molar-refractivity contribution < 1.29 is 9.09 Å². The zero-order chi connectivity index (χ0) is 36.3. The summed E-state index contributed by atoms with van der Waals surface area (Å²) in [5.41, 5.74) is 13.6. The first-order valence-electron chi connectivity index (χ1n) is 18.5. The van der Waals surface area contributed by atoms with Crippen LogP contribution in [0, 0.1) is 5.92 Å². The second-order valence-corrected chi connectivity index (χ2v) is 20.3. The summed E-state index contributed by atoms with van der Waals surface area (Å²) >= 11 is 0. The largest absolute Gasteiger partial charge is 0.441 e. The topological polar surface area (TPSA) is 64.7 Å². The predicted octanol–water partition coefficient (Wildman–Crippen LogP) is 7.99. The van der Waals surface area contributed by atoms with Crippen molar-refractivity contribution in [3.8, 4) is 0 Å². The molecule has 6 aromatic carbocycles. The fourth-order valence-corrected chi connectivity index (χ4v) is 16.4. The zero-order valence-electron chi connectivity index (χ0n) is 29.5. The van der Waals surface area contributed by atoms with Crippen molar-refractivity contribution >= 4 is 47.7 Å². The van der Waals surface area contributed by atoms with E-state index in [0.717, 1.165) is 49.7 Å². The maximum absolute atomic E-state index is 14.8. The number of hydrogen-bond donors (Lipinski definition) is 1. The molecule has 2 aliphatic heterocycles. The molecule has 1 saturated carbocycles. The number of benzene rings is 6. The van der Waals surface area contributed by atoms with Crippen LogP contribution in [0.5, 0.6) is 0 Å². The highest BCUT2D eigenvalue weighted by molar-refractivity contribution is 7.71. The van der Waals surface area contributed by atoms with Crippen molar-refractivity contribution in [2.24, 2.45) is 16.6 Å². The van der Waals surface area contributed by atoms with E-state index in [2.05, 4.69) is 146 Å². The van der Waals surface area contributed by atoms with E-state index in [4.69, 9.17) is 15.2 Å². The molecule has 2 heterocycles. The first kappa shape index (κ1) is 32.6.